The van der Waals surface area contributed by atoms with Gasteiger partial charge in [-0.1, -0.05) is 211 Å². The molecule has 0 saturated heterocycles. The van der Waals surface area contributed by atoms with Crippen LogP contribution in [0.25, 0.3) is 0 Å². The Hall–Kier alpha value is -1.48. The molecule has 0 aromatic carbocycles. The topological polar surface area (TPSA) is 124 Å². The Labute approximate surface area is 328 Å². The van der Waals surface area contributed by atoms with Crippen LogP contribution in [-0.4, -0.2) is 53.1 Å². The van der Waals surface area contributed by atoms with Gasteiger partial charge in [0.15, 0.2) is 0 Å². The third-order valence-corrected chi connectivity index (χ3v) is 11.0. The first-order chi connectivity index (χ1) is 25.7. The second kappa shape index (κ2) is 38.8. The van der Waals surface area contributed by atoms with E-state index in [4.69, 9.17) is 0 Å². The summed E-state index contributed by atoms with van der Waals surface area (Å²) >= 11 is 0. The molecular formula is C45H85NO6S. The zero-order chi connectivity index (χ0) is 39.1. The molecule has 3 atom stereocenters. The van der Waals surface area contributed by atoms with Crippen LogP contribution in [0.15, 0.2) is 36.5 Å². The van der Waals surface area contributed by atoms with Gasteiger partial charge in [-0.2, -0.15) is 8.42 Å². The number of unbranched alkanes of at least 4 members (excludes halogenated alkanes) is 27. The lowest BCUT2D eigenvalue weighted by atomic mass is 10.0. The summed E-state index contributed by atoms with van der Waals surface area (Å²) in [7, 11) is -4.44. The van der Waals surface area contributed by atoms with E-state index in [1.54, 1.807) is 6.08 Å². The van der Waals surface area contributed by atoms with E-state index in [2.05, 4.69) is 43.5 Å². The van der Waals surface area contributed by atoms with Crippen molar-refractivity contribution in [3.05, 3.63) is 36.5 Å². The Balaban J connectivity index is 3.95. The van der Waals surface area contributed by atoms with Crippen molar-refractivity contribution in [1.29, 1.82) is 0 Å². The zero-order valence-electron chi connectivity index (χ0n) is 34.5. The first-order valence-corrected chi connectivity index (χ1v) is 23.9. The fourth-order valence-corrected chi connectivity index (χ4v) is 7.52. The van der Waals surface area contributed by atoms with Crippen molar-refractivity contribution in [2.24, 2.45) is 0 Å². The lowest BCUT2D eigenvalue weighted by Gasteiger charge is -2.22. The summed E-state index contributed by atoms with van der Waals surface area (Å²) in [5.74, 6) is -1.53. The summed E-state index contributed by atoms with van der Waals surface area (Å²) in [5, 5.41) is 23.5. The molecule has 0 aliphatic heterocycles. The van der Waals surface area contributed by atoms with Gasteiger partial charge in [0.25, 0.3) is 10.1 Å². The summed E-state index contributed by atoms with van der Waals surface area (Å²) in [5.41, 5.74) is 0. The SMILES string of the molecule is CC/C=C\C/C=C\CCCCCCCCCCCCCCCC(O)C(=O)NC(CS(=O)(=O)O)C(O)/C=C/CCCCCCCCCCCCCCCC. The summed E-state index contributed by atoms with van der Waals surface area (Å²) in [6, 6.07) is -1.23. The van der Waals surface area contributed by atoms with Crippen LogP contribution in [0.1, 0.15) is 219 Å². The normalized spacial score (nSPS) is 14.1. The number of nitrogens with one attached hydrogen (secondary N) is 1. The van der Waals surface area contributed by atoms with Crippen molar-refractivity contribution < 1.29 is 28.0 Å². The summed E-state index contributed by atoms with van der Waals surface area (Å²) < 4.78 is 32.6. The molecular weight excluding hydrogens is 683 g/mol. The summed E-state index contributed by atoms with van der Waals surface area (Å²) in [6.07, 6.45) is 47.7. The second-order valence-electron chi connectivity index (χ2n) is 15.4. The van der Waals surface area contributed by atoms with Crippen LogP contribution in [0.3, 0.4) is 0 Å². The average Bonchev–Trinajstić information content (AvgIpc) is 3.12. The van der Waals surface area contributed by atoms with Gasteiger partial charge >= 0.3 is 0 Å². The maximum Gasteiger partial charge on any atom is 0.267 e. The van der Waals surface area contributed by atoms with Crippen LogP contribution in [-0.2, 0) is 14.9 Å². The predicted octanol–water partition coefficient (Wildman–Crippen LogP) is 12.3. The minimum atomic E-state index is -4.44. The van der Waals surface area contributed by atoms with Crippen LogP contribution >= 0.6 is 0 Å². The smallest absolute Gasteiger partial charge is 0.267 e. The van der Waals surface area contributed by atoms with E-state index in [9.17, 15) is 28.0 Å². The van der Waals surface area contributed by atoms with E-state index >= 15 is 0 Å². The number of hydrogen-bond donors (Lipinski definition) is 4. The van der Waals surface area contributed by atoms with E-state index in [1.807, 2.05) is 0 Å². The molecule has 8 heteroatoms. The molecule has 0 aliphatic carbocycles. The number of aliphatic hydroxyl groups is 2. The maximum absolute atomic E-state index is 12.6. The van der Waals surface area contributed by atoms with Crippen LogP contribution in [0.2, 0.25) is 0 Å². The van der Waals surface area contributed by atoms with Crippen molar-refractivity contribution in [2.75, 3.05) is 5.75 Å². The van der Waals surface area contributed by atoms with Gasteiger partial charge in [-0.05, 0) is 44.9 Å². The molecule has 1 amide bonds. The molecule has 7 nitrogen and oxygen atoms in total. The molecule has 0 aromatic heterocycles. The number of aliphatic hydroxyl groups excluding tert-OH is 2. The van der Waals surface area contributed by atoms with E-state index < -0.39 is 40.0 Å². The van der Waals surface area contributed by atoms with Crippen molar-refractivity contribution in [3.8, 4) is 0 Å². The van der Waals surface area contributed by atoms with E-state index in [1.165, 1.54) is 147 Å². The molecule has 0 radical (unpaired) electrons. The molecule has 0 aromatic rings. The van der Waals surface area contributed by atoms with Crippen LogP contribution in [0.5, 0.6) is 0 Å². The van der Waals surface area contributed by atoms with Crippen molar-refractivity contribution in [1.82, 2.24) is 5.32 Å². The molecule has 3 unspecified atom stereocenters. The minimum absolute atomic E-state index is 0.280. The second-order valence-corrected chi connectivity index (χ2v) is 16.9. The molecule has 0 saturated carbocycles. The number of allylic oxidation sites excluding steroid dienone is 5. The van der Waals surface area contributed by atoms with Gasteiger partial charge in [0, 0.05) is 0 Å². The largest absolute Gasteiger partial charge is 0.387 e. The molecule has 0 spiro atoms. The summed E-state index contributed by atoms with van der Waals surface area (Å²) in [4.78, 5) is 12.6. The van der Waals surface area contributed by atoms with Gasteiger partial charge in [0.05, 0.1) is 17.9 Å². The Bertz CT molecular complexity index is 995. The highest BCUT2D eigenvalue weighted by Gasteiger charge is 2.27. The third kappa shape index (κ3) is 38.6. The van der Waals surface area contributed by atoms with Crippen molar-refractivity contribution in [2.45, 2.75) is 238 Å². The number of rotatable bonds is 40. The molecule has 0 heterocycles. The Morgan fingerprint density at radius 1 is 0.547 bits per heavy atom. The highest BCUT2D eigenvalue weighted by molar-refractivity contribution is 7.85. The van der Waals surface area contributed by atoms with Gasteiger partial charge in [0.2, 0.25) is 5.91 Å². The fraction of sp³-hybridized carbons (Fsp3) is 0.844. The predicted molar refractivity (Wildman–Crippen MR) is 227 cm³/mol. The lowest BCUT2D eigenvalue weighted by molar-refractivity contribution is -0.130. The molecule has 0 aliphatic rings. The molecule has 0 rings (SSSR count). The van der Waals surface area contributed by atoms with Gasteiger partial charge in [-0.25, -0.2) is 0 Å². The van der Waals surface area contributed by atoms with Crippen LogP contribution in [0, 0.1) is 0 Å². The number of carbonyl (C=O) groups excluding carboxylic acids is 1. The average molecular weight is 768 g/mol. The van der Waals surface area contributed by atoms with E-state index in [0.717, 1.165) is 51.4 Å². The molecule has 53 heavy (non-hydrogen) atoms. The first kappa shape index (κ1) is 51.5. The number of carbonyl (C=O) groups is 1. The fourth-order valence-electron chi connectivity index (χ4n) is 6.79. The van der Waals surface area contributed by atoms with Gasteiger partial charge in [0.1, 0.15) is 6.10 Å². The summed E-state index contributed by atoms with van der Waals surface area (Å²) in [6.45, 7) is 4.42. The van der Waals surface area contributed by atoms with Crippen molar-refractivity contribution in [3.63, 3.8) is 0 Å². The van der Waals surface area contributed by atoms with Gasteiger partial charge < -0.3 is 15.5 Å². The maximum atomic E-state index is 12.6. The van der Waals surface area contributed by atoms with Crippen LogP contribution in [0.4, 0.5) is 0 Å². The highest BCUT2D eigenvalue weighted by atomic mass is 32.2. The molecule has 0 fully saturated rings. The van der Waals surface area contributed by atoms with E-state index in [0.29, 0.717) is 6.42 Å². The highest BCUT2D eigenvalue weighted by Crippen LogP contribution is 2.16. The van der Waals surface area contributed by atoms with Crippen molar-refractivity contribution >= 4 is 16.0 Å². The standard InChI is InChI=1S/C45H85NO6S/c1-3-5-7-9-11-13-15-17-19-21-22-23-24-26-28-30-32-34-36-38-40-44(48)45(49)46-42(41-53(50,51)52)43(47)39-37-35-33-31-29-27-25-20-18-16-14-12-10-8-6-4-2/h5,7,11,13,37,39,42-44,47-48H,3-4,6,8-10,12,14-36,38,40-41H2,1-2H3,(H,46,49)(H,50,51,52)/b7-5-,13-11-,39-37+. The molecule has 4 N–H and O–H groups in total. The Morgan fingerprint density at radius 3 is 1.38 bits per heavy atom. The molecule has 312 valence electrons. The minimum Gasteiger partial charge on any atom is -0.387 e. The Kier molecular flexibility index (Phi) is 37.7. The zero-order valence-corrected chi connectivity index (χ0v) is 35.3. The van der Waals surface area contributed by atoms with E-state index in [-0.39, 0.29) is 6.42 Å². The first-order valence-electron chi connectivity index (χ1n) is 22.3. The number of hydrogen-bond acceptors (Lipinski definition) is 5. The Morgan fingerprint density at radius 2 is 0.943 bits per heavy atom. The van der Waals surface area contributed by atoms with Gasteiger partial charge in [-0.3, -0.25) is 9.35 Å². The quantitative estimate of drug-likeness (QED) is 0.0280. The number of amides is 1. The lowest BCUT2D eigenvalue weighted by Crippen LogP contribution is -2.50. The monoisotopic (exact) mass is 768 g/mol. The molecule has 0 bridgehead atoms. The van der Waals surface area contributed by atoms with Crippen LogP contribution < -0.4 is 5.32 Å². The third-order valence-electron chi connectivity index (χ3n) is 10.2. The van der Waals surface area contributed by atoms with Gasteiger partial charge in [-0.15, -0.1) is 0 Å².